The van der Waals surface area contributed by atoms with Crippen LogP contribution in [-0.2, 0) is 19.2 Å². The highest BCUT2D eigenvalue weighted by atomic mass is 31.1. The Hall–Kier alpha value is -1.17. The normalized spacial score (nSPS) is 12.9. The molecule has 38 heavy (non-hydrogen) atoms. The third kappa shape index (κ3) is 22.8. The van der Waals surface area contributed by atoms with E-state index in [1.165, 1.54) is 90.4 Å². The van der Waals surface area contributed by atoms with E-state index in [0.717, 1.165) is 24.2 Å². The highest BCUT2D eigenvalue weighted by molar-refractivity contribution is 7.84. The van der Waals surface area contributed by atoms with Crippen LogP contribution in [0.2, 0.25) is 0 Å². The summed E-state index contributed by atoms with van der Waals surface area (Å²) in [6.45, 7) is 4.14. The molecule has 0 saturated carbocycles. The number of hydrogen-bond acceptors (Lipinski definition) is 5. The van der Waals surface area contributed by atoms with Crippen LogP contribution in [0.4, 0.5) is 0 Å². The Morgan fingerprint density at radius 2 is 1.13 bits per heavy atom. The Labute approximate surface area is 234 Å². The molecule has 0 aliphatic rings. The quantitative estimate of drug-likeness (QED) is 0.0918. The second-order valence-corrected chi connectivity index (χ2v) is 12.8. The summed E-state index contributed by atoms with van der Waals surface area (Å²) in [5, 5.41) is 2.65. The number of Topliss-reactive ketones (excluding diaryl/α,β-unsaturated/α-hetero) is 1. The highest BCUT2D eigenvalue weighted by Gasteiger charge is 2.28. The first-order valence-corrected chi connectivity index (χ1v) is 16.6. The second kappa shape index (κ2) is 24.8. The highest BCUT2D eigenvalue weighted by Crippen LogP contribution is 2.35. The zero-order valence-electron chi connectivity index (χ0n) is 25.0. The number of hydrogen-bond donors (Lipinski definition) is 3. The Balaban J connectivity index is 3.95. The summed E-state index contributed by atoms with van der Waals surface area (Å²) >= 11 is 0. The first-order chi connectivity index (χ1) is 18.2. The lowest BCUT2D eigenvalue weighted by atomic mass is 10.0. The van der Waals surface area contributed by atoms with E-state index in [-0.39, 0.29) is 31.0 Å². The average molecular weight is 558 g/mol. The van der Waals surface area contributed by atoms with E-state index in [0.29, 0.717) is 13.0 Å². The fraction of sp³-hybridized carbons (Fsp3) is 0.867. The van der Waals surface area contributed by atoms with Crippen molar-refractivity contribution in [2.24, 2.45) is 0 Å². The van der Waals surface area contributed by atoms with Crippen LogP contribution in [0.25, 0.3) is 0 Å². The van der Waals surface area contributed by atoms with Crippen LogP contribution in [0.15, 0.2) is 0 Å². The zero-order chi connectivity index (χ0) is 28.6. The predicted molar refractivity (Wildman–Crippen MR) is 157 cm³/mol. The molecule has 222 valence electrons. The summed E-state index contributed by atoms with van der Waals surface area (Å²) in [5.74, 6) is -0.325. The molecule has 8 heteroatoms. The summed E-state index contributed by atoms with van der Waals surface area (Å²) < 4.78 is 0. The van der Waals surface area contributed by atoms with Gasteiger partial charge in [-0.2, -0.15) is 0 Å². The molecule has 0 saturated heterocycles. The van der Waals surface area contributed by atoms with Crippen molar-refractivity contribution in [3.05, 3.63) is 0 Å². The van der Waals surface area contributed by atoms with Gasteiger partial charge < -0.3 is 15.1 Å². The van der Waals surface area contributed by atoms with Crippen molar-refractivity contribution in [3.63, 3.8) is 0 Å². The van der Waals surface area contributed by atoms with E-state index >= 15 is 0 Å². The van der Waals surface area contributed by atoms with E-state index in [2.05, 4.69) is 12.2 Å². The molecule has 0 aliphatic heterocycles. The molecule has 0 heterocycles. The third-order valence-corrected chi connectivity index (χ3v) is 8.27. The molecule has 0 bridgehead atoms. The lowest BCUT2D eigenvalue weighted by molar-refractivity contribution is -0.857. The van der Waals surface area contributed by atoms with Crippen molar-refractivity contribution in [1.82, 2.24) is 5.32 Å². The topological polar surface area (TPSA) is 105 Å². The molecule has 0 aromatic heterocycles. The molecule has 2 unspecified atom stereocenters. The second-order valence-electron chi connectivity index (χ2n) is 11.2. The molecule has 1 amide bonds. The van der Waals surface area contributed by atoms with E-state index in [1.54, 1.807) is 0 Å². The van der Waals surface area contributed by atoms with Crippen LogP contribution in [-0.4, -0.2) is 54.3 Å². The molecule has 0 aromatic rings. The van der Waals surface area contributed by atoms with Gasteiger partial charge in [0, 0.05) is 32.2 Å². The van der Waals surface area contributed by atoms with Gasteiger partial charge in [0.25, 0.3) is 0 Å². The van der Waals surface area contributed by atoms with Gasteiger partial charge in [0.2, 0.25) is 5.91 Å². The Morgan fingerprint density at radius 3 is 1.55 bits per heavy atom. The van der Waals surface area contributed by atoms with Crippen LogP contribution in [0.1, 0.15) is 142 Å². The number of nitrogens with one attached hydrogen (secondary N) is 2. The molecule has 0 fully saturated rings. The molecule has 0 aromatic carbocycles. The zero-order valence-corrected chi connectivity index (χ0v) is 25.8. The van der Waals surface area contributed by atoms with Gasteiger partial charge in [0.05, 0.1) is 27.1 Å². The van der Waals surface area contributed by atoms with Crippen molar-refractivity contribution in [1.29, 1.82) is 0 Å². The number of quaternary nitrogens is 1. The maximum atomic E-state index is 12.5. The van der Waals surface area contributed by atoms with Gasteiger partial charge >= 0.3 is 0 Å². The van der Waals surface area contributed by atoms with Crippen LogP contribution in [0.3, 0.4) is 0 Å². The standard InChI is InChI=1S/C30H57N2O5P/c1-5-6-7-8-9-10-11-12-13-14-15-16-17-18-19-20-21-28(34)24-27(31-26(2)33)25-30(36)38(37)29(35)22-23-32(3)4/h27,37H,5-25H2,1-4H3,(H,31,33)/p+1. The Morgan fingerprint density at radius 1 is 0.684 bits per heavy atom. The maximum Gasteiger partial charge on any atom is 0.217 e. The van der Waals surface area contributed by atoms with Gasteiger partial charge in [-0.15, -0.1) is 0 Å². The summed E-state index contributed by atoms with van der Waals surface area (Å²) in [5.41, 5.74) is -1.03. The molecule has 7 nitrogen and oxygen atoms in total. The number of unbranched alkanes of at least 4 members (excludes halogenated alkanes) is 15. The van der Waals surface area contributed by atoms with Crippen LogP contribution >= 0.6 is 8.15 Å². The van der Waals surface area contributed by atoms with Gasteiger partial charge in [-0.1, -0.05) is 103 Å². The fourth-order valence-corrected chi connectivity index (χ4v) is 5.60. The van der Waals surface area contributed by atoms with E-state index < -0.39 is 25.2 Å². The molecular formula is C30H58N2O5P+. The monoisotopic (exact) mass is 557 g/mol. The van der Waals surface area contributed by atoms with Crippen molar-refractivity contribution in [3.8, 4) is 0 Å². The average Bonchev–Trinajstić information content (AvgIpc) is 2.85. The molecule has 3 N–H and O–H groups in total. The number of ketones is 1. The third-order valence-electron chi connectivity index (χ3n) is 6.92. The van der Waals surface area contributed by atoms with Crippen molar-refractivity contribution >= 4 is 30.9 Å². The minimum Gasteiger partial charge on any atom is -0.360 e. The predicted octanol–water partition coefficient (Wildman–Crippen LogP) is 5.47. The van der Waals surface area contributed by atoms with Gasteiger partial charge in [-0.25, -0.2) is 0 Å². The first-order valence-electron chi connectivity index (χ1n) is 15.3. The fourth-order valence-electron chi connectivity index (χ4n) is 4.61. The van der Waals surface area contributed by atoms with Crippen LogP contribution < -0.4 is 10.2 Å². The lowest BCUT2D eigenvalue weighted by Gasteiger charge is -2.18. The summed E-state index contributed by atoms with van der Waals surface area (Å²) in [4.78, 5) is 59.7. The number of carbonyl (C=O) groups excluding carboxylic acids is 4. The van der Waals surface area contributed by atoms with Crippen LogP contribution in [0, 0.1) is 0 Å². The van der Waals surface area contributed by atoms with E-state index in [9.17, 15) is 24.1 Å². The van der Waals surface area contributed by atoms with Gasteiger partial charge in [0.1, 0.15) is 5.78 Å². The molecule has 2 atom stereocenters. The van der Waals surface area contributed by atoms with E-state index in [4.69, 9.17) is 0 Å². The van der Waals surface area contributed by atoms with Crippen LogP contribution in [0.5, 0.6) is 0 Å². The van der Waals surface area contributed by atoms with E-state index in [1.807, 2.05) is 14.1 Å². The minimum atomic E-state index is -2.40. The summed E-state index contributed by atoms with van der Waals surface area (Å²) in [6, 6.07) is -0.669. The minimum absolute atomic E-state index is 0.00622. The van der Waals surface area contributed by atoms with Crippen molar-refractivity contribution < 1.29 is 29.0 Å². The molecular weight excluding hydrogens is 499 g/mol. The number of carbonyl (C=O) groups is 4. The Kier molecular flexibility index (Phi) is 24.1. The van der Waals surface area contributed by atoms with Crippen molar-refractivity contribution in [2.75, 3.05) is 20.6 Å². The largest absolute Gasteiger partial charge is 0.360 e. The maximum absolute atomic E-state index is 12.5. The number of amides is 1. The summed E-state index contributed by atoms with van der Waals surface area (Å²) in [7, 11) is 1.39. The molecule has 0 aliphatic carbocycles. The van der Waals surface area contributed by atoms with Gasteiger partial charge in [-0.05, 0) is 6.42 Å². The molecule has 0 rings (SSSR count). The van der Waals surface area contributed by atoms with Crippen molar-refractivity contribution in [2.45, 2.75) is 148 Å². The SMILES string of the molecule is CCCCCCCCCCCCCCCCCCC(=O)CC(CC(=O)P(O)C(=O)CC[NH+](C)C)NC(C)=O. The van der Waals surface area contributed by atoms with Gasteiger partial charge in [0.15, 0.2) is 19.2 Å². The first kappa shape index (κ1) is 36.8. The summed E-state index contributed by atoms with van der Waals surface area (Å²) in [6.07, 6.45) is 20.9. The molecule has 0 radical (unpaired) electrons. The Bertz CT molecular complexity index is 657. The lowest BCUT2D eigenvalue weighted by Crippen LogP contribution is -3.05. The smallest absolute Gasteiger partial charge is 0.217 e. The number of rotatable bonds is 27. The molecule has 0 spiro atoms. The van der Waals surface area contributed by atoms with Gasteiger partial charge in [-0.3, -0.25) is 19.2 Å².